The van der Waals surface area contributed by atoms with Crippen LogP contribution in [0, 0.1) is 11.8 Å². The van der Waals surface area contributed by atoms with Crippen molar-refractivity contribution in [3.63, 3.8) is 0 Å². The van der Waals surface area contributed by atoms with Crippen LogP contribution >= 0.6 is 0 Å². The number of aromatic carboxylic acids is 1. The summed E-state index contributed by atoms with van der Waals surface area (Å²) in [5, 5.41) is 9.06. The summed E-state index contributed by atoms with van der Waals surface area (Å²) in [4.78, 5) is 37.5. The van der Waals surface area contributed by atoms with Gasteiger partial charge in [-0.3, -0.25) is 9.59 Å². The maximum Gasteiger partial charge on any atom is 0.335 e. The summed E-state index contributed by atoms with van der Waals surface area (Å²) in [5.74, 6) is -2.81. The fourth-order valence-electron chi connectivity index (χ4n) is 3.69. The SMILES string of the molecule is C[C@@]12C=C[C@@H](O1)[C@H]1C(=O)N(c3cccc(C(=O)O)c3)C(=O)[C@@H]12. The molecule has 3 aliphatic rings. The number of fused-ring (bicyclic) bond motifs is 5. The topological polar surface area (TPSA) is 83.9 Å². The van der Waals surface area contributed by atoms with Gasteiger partial charge in [0.1, 0.15) is 0 Å². The summed E-state index contributed by atoms with van der Waals surface area (Å²) in [6.07, 6.45) is 3.28. The quantitative estimate of drug-likeness (QED) is 0.655. The average molecular weight is 299 g/mol. The fraction of sp³-hybridized carbons (Fsp3) is 0.312. The molecule has 2 fully saturated rings. The monoisotopic (exact) mass is 299 g/mol. The summed E-state index contributed by atoms with van der Waals surface area (Å²) in [6, 6.07) is 5.87. The minimum Gasteiger partial charge on any atom is -0.478 e. The van der Waals surface area contributed by atoms with Crippen LogP contribution in [0.4, 0.5) is 5.69 Å². The molecule has 0 aromatic heterocycles. The number of rotatable bonds is 2. The minimum absolute atomic E-state index is 0.0405. The second-order valence-corrected chi connectivity index (χ2v) is 6.00. The predicted octanol–water partition coefficient (Wildman–Crippen LogP) is 1.22. The van der Waals surface area contributed by atoms with E-state index in [0.717, 1.165) is 4.90 Å². The maximum absolute atomic E-state index is 12.7. The number of benzene rings is 1. The number of hydrogen-bond donors (Lipinski definition) is 1. The Bertz CT molecular complexity index is 755. The van der Waals surface area contributed by atoms with Crippen LogP contribution in [0.5, 0.6) is 0 Å². The third kappa shape index (κ3) is 1.50. The van der Waals surface area contributed by atoms with Crippen LogP contribution < -0.4 is 4.90 Å². The van der Waals surface area contributed by atoms with Gasteiger partial charge in [0.2, 0.25) is 11.8 Å². The van der Waals surface area contributed by atoms with Crippen LogP contribution in [-0.2, 0) is 14.3 Å². The number of carboxylic acid groups (broad SMARTS) is 1. The molecular formula is C16H13NO5. The first-order chi connectivity index (χ1) is 10.4. The number of imide groups is 1. The number of hydrogen-bond acceptors (Lipinski definition) is 4. The van der Waals surface area contributed by atoms with Gasteiger partial charge >= 0.3 is 5.97 Å². The van der Waals surface area contributed by atoms with Crippen LogP contribution in [0.15, 0.2) is 36.4 Å². The van der Waals surface area contributed by atoms with Crippen LogP contribution in [0.1, 0.15) is 17.3 Å². The molecular weight excluding hydrogens is 286 g/mol. The first-order valence-electron chi connectivity index (χ1n) is 7.01. The Morgan fingerprint density at radius 3 is 2.77 bits per heavy atom. The predicted molar refractivity (Wildman–Crippen MR) is 75.3 cm³/mol. The van der Waals surface area contributed by atoms with Crippen LogP contribution in [-0.4, -0.2) is 34.6 Å². The molecule has 1 N–H and O–H groups in total. The molecule has 22 heavy (non-hydrogen) atoms. The molecule has 112 valence electrons. The summed E-state index contributed by atoms with van der Waals surface area (Å²) < 4.78 is 5.74. The van der Waals surface area contributed by atoms with Crippen molar-refractivity contribution in [1.29, 1.82) is 0 Å². The van der Waals surface area contributed by atoms with Gasteiger partial charge in [-0.25, -0.2) is 9.69 Å². The first-order valence-corrected chi connectivity index (χ1v) is 7.01. The molecule has 1 aromatic rings. The lowest BCUT2D eigenvalue weighted by Crippen LogP contribution is -2.38. The van der Waals surface area contributed by atoms with Crippen molar-refractivity contribution in [3.05, 3.63) is 42.0 Å². The van der Waals surface area contributed by atoms with E-state index in [4.69, 9.17) is 9.84 Å². The molecule has 0 saturated carbocycles. The molecule has 0 spiro atoms. The van der Waals surface area contributed by atoms with Crippen molar-refractivity contribution in [2.45, 2.75) is 18.6 Å². The van der Waals surface area contributed by atoms with Crippen LogP contribution in [0.2, 0.25) is 0 Å². The third-order valence-electron chi connectivity index (χ3n) is 4.68. The molecule has 2 saturated heterocycles. The van der Waals surface area contributed by atoms with E-state index >= 15 is 0 Å². The Morgan fingerprint density at radius 1 is 1.32 bits per heavy atom. The zero-order valence-corrected chi connectivity index (χ0v) is 11.7. The molecule has 0 aliphatic carbocycles. The Kier molecular flexibility index (Phi) is 2.43. The van der Waals surface area contributed by atoms with Crippen molar-refractivity contribution in [2.24, 2.45) is 11.8 Å². The number of carboxylic acids is 1. The number of anilines is 1. The van der Waals surface area contributed by atoms with Crippen LogP contribution in [0.3, 0.4) is 0 Å². The molecule has 2 amide bonds. The van der Waals surface area contributed by atoms with Gasteiger partial charge in [0, 0.05) is 0 Å². The molecule has 3 heterocycles. The summed E-state index contributed by atoms with van der Waals surface area (Å²) in [7, 11) is 0. The Labute approximate surface area is 126 Å². The van der Waals surface area contributed by atoms with Crippen molar-refractivity contribution in [2.75, 3.05) is 4.90 Å². The lowest BCUT2D eigenvalue weighted by molar-refractivity contribution is -0.126. The number of carbonyl (C=O) groups excluding carboxylic acids is 2. The average Bonchev–Trinajstić information content (AvgIpc) is 3.08. The van der Waals surface area contributed by atoms with Gasteiger partial charge < -0.3 is 9.84 Å². The lowest BCUT2D eigenvalue weighted by atomic mass is 9.78. The molecule has 1 aromatic carbocycles. The second kappa shape index (κ2) is 4.04. The highest BCUT2D eigenvalue weighted by Crippen LogP contribution is 2.52. The van der Waals surface area contributed by atoms with E-state index < -0.39 is 23.4 Å². The van der Waals surface area contributed by atoms with E-state index in [0.29, 0.717) is 5.69 Å². The molecule has 3 aliphatic heterocycles. The maximum atomic E-state index is 12.7. The van der Waals surface area contributed by atoms with Crippen molar-refractivity contribution in [3.8, 4) is 0 Å². The Balaban J connectivity index is 1.77. The number of carbonyl (C=O) groups is 3. The van der Waals surface area contributed by atoms with Gasteiger partial charge in [-0.05, 0) is 25.1 Å². The van der Waals surface area contributed by atoms with Gasteiger partial charge in [0.25, 0.3) is 0 Å². The fourth-order valence-corrected chi connectivity index (χ4v) is 3.69. The summed E-state index contributed by atoms with van der Waals surface area (Å²) >= 11 is 0. The van der Waals surface area contributed by atoms with Gasteiger partial charge in [-0.15, -0.1) is 0 Å². The second-order valence-electron chi connectivity index (χ2n) is 6.00. The first kappa shape index (κ1) is 13.2. The normalized spacial score (nSPS) is 35.3. The highest BCUT2D eigenvalue weighted by atomic mass is 16.5. The van der Waals surface area contributed by atoms with Crippen LogP contribution in [0.25, 0.3) is 0 Å². The van der Waals surface area contributed by atoms with E-state index in [2.05, 4.69) is 0 Å². The van der Waals surface area contributed by atoms with E-state index in [9.17, 15) is 14.4 Å². The molecule has 4 rings (SSSR count). The van der Waals surface area contributed by atoms with E-state index in [1.807, 2.05) is 12.2 Å². The molecule has 6 nitrogen and oxygen atoms in total. The number of nitrogens with zero attached hydrogens (tertiary/aromatic N) is 1. The zero-order chi connectivity index (χ0) is 15.6. The summed E-state index contributed by atoms with van der Waals surface area (Å²) in [5.41, 5.74) is -0.410. The highest BCUT2D eigenvalue weighted by molar-refractivity contribution is 6.23. The Morgan fingerprint density at radius 2 is 2.09 bits per heavy atom. The molecule has 2 bridgehead atoms. The van der Waals surface area contributed by atoms with E-state index in [-0.39, 0.29) is 23.5 Å². The molecule has 0 unspecified atom stereocenters. The molecule has 0 radical (unpaired) electrons. The zero-order valence-electron chi connectivity index (χ0n) is 11.7. The van der Waals surface area contributed by atoms with Gasteiger partial charge in [-0.1, -0.05) is 18.2 Å². The van der Waals surface area contributed by atoms with Crippen molar-refractivity contribution >= 4 is 23.5 Å². The minimum atomic E-state index is -1.10. The highest BCUT2D eigenvalue weighted by Gasteiger charge is 2.66. The Hall–Kier alpha value is -2.47. The van der Waals surface area contributed by atoms with Crippen molar-refractivity contribution < 1.29 is 24.2 Å². The van der Waals surface area contributed by atoms with Gasteiger partial charge in [-0.2, -0.15) is 0 Å². The largest absolute Gasteiger partial charge is 0.478 e. The van der Waals surface area contributed by atoms with E-state index in [1.54, 1.807) is 13.0 Å². The lowest BCUT2D eigenvalue weighted by Gasteiger charge is -2.24. The standard InChI is InChI=1S/C16H13NO5/c1-16-6-5-10(22-16)11-12(16)14(19)17(13(11)18)9-4-2-3-8(7-9)15(20)21/h2-7,10-12H,1H3,(H,20,21)/t10-,11-,12-,16+/m1/s1. The molecule has 4 atom stereocenters. The van der Waals surface area contributed by atoms with Crippen molar-refractivity contribution in [1.82, 2.24) is 0 Å². The smallest absolute Gasteiger partial charge is 0.335 e. The molecule has 6 heteroatoms. The number of ether oxygens (including phenoxy) is 1. The summed E-state index contributed by atoms with van der Waals surface area (Å²) in [6.45, 7) is 1.80. The van der Waals surface area contributed by atoms with Gasteiger partial charge in [0.15, 0.2) is 0 Å². The third-order valence-corrected chi connectivity index (χ3v) is 4.68. The van der Waals surface area contributed by atoms with E-state index in [1.165, 1.54) is 18.2 Å². The number of amides is 2. The van der Waals surface area contributed by atoms with Gasteiger partial charge in [0.05, 0.1) is 34.8 Å².